The van der Waals surface area contributed by atoms with Crippen molar-refractivity contribution in [1.82, 2.24) is 14.9 Å². The van der Waals surface area contributed by atoms with Crippen LogP contribution in [0.3, 0.4) is 0 Å². The summed E-state index contributed by atoms with van der Waals surface area (Å²) < 4.78 is 5.95. The lowest BCUT2D eigenvalue weighted by Crippen LogP contribution is -2.43. The highest BCUT2D eigenvalue weighted by Gasteiger charge is 2.34. The largest absolute Gasteiger partial charge is 0.383 e. The summed E-state index contributed by atoms with van der Waals surface area (Å²) in [4.78, 5) is 11.6. The molecule has 1 aromatic heterocycles. The lowest BCUT2D eigenvalue weighted by atomic mass is 10.1. The standard InChI is InChI=1S/C14H22N4O/c1-3-11-9(2)13(15)17-14(16-11)12-7-18-6-4-5-10(18)8-19-12/h10,12H,3-8H2,1-2H3,(H2,15,16,17). The van der Waals surface area contributed by atoms with Crippen LogP contribution < -0.4 is 5.73 Å². The minimum atomic E-state index is -0.0254. The van der Waals surface area contributed by atoms with E-state index in [0.29, 0.717) is 11.9 Å². The first-order valence-electron chi connectivity index (χ1n) is 7.17. The van der Waals surface area contributed by atoms with E-state index in [1.165, 1.54) is 19.4 Å². The second kappa shape index (κ2) is 5.06. The van der Waals surface area contributed by atoms with Crippen molar-refractivity contribution in [2.75, 3.05) is 25.4 Å². The normalized spacial score (nSPS) is 27.5. The van der Waals surface area contributed by atoms with Crippen molar-refractivity contribution in [3.8, 4) is 0 Å². The van der Waals surface area contributed by atoms with Gasteiger partial charge in [0.1, 0.15) is 11.9 Å². The molecule has 0 aromatic carbocycles. The van der Waals surface area contributed by atoms with Crippen molar-refractivity contribution in [3.63, 3.8) is 0 Å². The molecule has 3 heterocycles. The number of hydrogen-bond donors (Lipinski definition) is 1. The minimum absolute atomic E-state index is 0.0254. The van der Waals surface area contributed by atoms with Crippen molar-refractivity contribution in [2.24, 2.45) is 0 Å². The van der Waals surface area contributed by atoms with E-state index in [9.17, 15) is 0 Å². The van der Waals surface area contributed by atoms with Gasteiger partial charge in [-0.1, -0.05) is 6.92 Å². The summed E-state index contributed by atoms with van der Waals surface area (Å²) in [5, 5.41) is 0. The lowest BCUT2D eigenvalue weighted by molar-refractivity contribution is -0.0541. The van der Waals surface area contributed by atoms with E-state index in [4.69, 9.17) is 10.5 Å². The summed E-state index contributed by atoms with van der Waals surface area (Å²) in [6, 6.07) is 0.602. The third-order valence-corrected chi connectivity index (χ3v) is 4.31. The Kier molecular flexibility index (Phi) is 3.41. The van der Waals surface area contributed by atoms with E-state index < -0.39 is 0 Å². The molecule has 0 aliphatic carbocycles. The number of nitrogen functional groups attached to an aromatic ring is 1. The van der Waals surface area contributed by atoms with Gasteiger partial charge in [-0.2, -0.15) is 0 Å². The molecule has 0 saturated carbocycles. The molecule has 1 aromatic rings. The van der Waals surface area contributed by atoms with Crippen molar-refractivity contribution in [2.45, 2.75) is 45.3 Å². The van der Waals surface area contributed by atoms with Crippen molar-refractivity contribution < 1.29 is 4.74 Å². The molecule has 2 saturated heterocycles. The maximum Gasteiger partial charge on any atom is 0.161 e. The number of fused-ring (bicyclic) bond motifs is 1. The molecule has 0 spiro atoms. The summed E-state index contributed by atoms with van der Waals surface area (Å²) in [7, 11) is 0. The quantitative estimate of drug-likeness (QED) is 0.874. The van der Waals surface area contributed by atoms with E-state index in [2.05, 4.69) is 21.8 Å². The first-order valence-corrected chi connectivity index (χ1v) is 7.17. The van der Waals surface area contributed by atoms with Gasteiger partial charge in [0, 0.05) is 23.8 Å². The van der Waals surface area contributed by atoms with Gasteiger partial charge < -0.3 is 10.5 Å². The van der Waals surface area contributed by atoms with Crippen LogP contribution in [0.1, 0.15) is 43.0 Å². The number of aromatic nitrogens is 2. The zero-order valence-electron chi connectivity index (χ0n) is 11.7. The molecular formula is C14H22N4O. The Morgan fingerprint density at radius 2 is 2.26 bits per heavy atom. The molecule has 2 fully saturated rings. The highest BCUT2D eigenvalue weighted by molar-refractivity contribution is 5.41. The molecular weight excluding hydrogens is 240 g/mol. The highest BCUT2D eigenvalue weighted by atomic mass is 16.5. The Hall–Kier alpha value is -1.20. The van der Waals surface area contributed by atoms with Crippen molar-refractivity contribution in [1.29, 1.82) is 0 Å². The molecule has 0 radical (unpaired) electrons. The molecule has 3 rings (SSSR count). The summed E-state index contributed by atoms with van der Waals surface area (Å²) in [5.41, 5.74) is 8.03. The molecule has 2 atom stereocenters. The number of rotatable bonds is 2. The smallest absolute Gasteiger partial charge is 0.161 e. The van der Waals surface area contributed by atoms with Crippen LogP contribution in [0, 0.1) is 6.92 Å². The van der Waals surface area contributed by atoms with Gasteiger partial charge >= 0.3 is 0 Å². The number of aryl methyl sites for hydroxylation is 1. The van der Waals surface area contributed by atoms with Gasteiger partial charge in [0.25, 0.3) is 0 Å². The van der Waals surface area contributed by atoms with Gasteiger partial charge in [-0.25, -0.2) is 9.97 Å². The summed E-state index contributed by atoms with van der Waals surface area (Å²) in [6.45, 7) is 6.94. The van der Waals surface area contributed by atoms with Gasteiger partial charge in [0.15, 0.2) is 5.82 Å². The van der Waals surface area contributed by atoms with Gasteiger partial charge in [-0.05, 0) is 32.7 Å². The molecule has 2 N–H and O–H groups in total. The third-order valence-electron chi connectivity index (χ3n) is 4.31. The summed E-state index contributed by atoms with van der Waals surface area (Å²) in [5.74, 6) is 1.35. The number of anilines is 1. The Balaban J connectivity index is 1.84. The predicted octanol–water partition coefficient (Wildman–Crippen LogP) is 1.47. The number of nitrogens with zero attached hydrogens (tertiary/aromatic N) is 3. The number of nitrogens with two attached hydrogens (primary N) is 1. The van der Waals surface area contributed by atoms with E-state index in [0.717, 1.165) is 36.7 Å². The predicted molar refractivity (Wildman–Crippen MR) is 73.8 cm³/mol. The molecule has 2 unspecified atom stereocenters. The highest BCUT2D eigenvalue weighted by Crippen LogP contribution is 2.29. The molecule has 5 heteroatoms. The minimum Gasteiger partial charge on any atom is -0.383 e. The van der Waals surface area contributed by atoms with Crippen LogP contribution in [0.2, 0.25) is 0 Å². The Morgan fingerprint density at radius 1 is 1.42 bits per heavy atom. The molecule has 2 aliphatic rings. The molecule has 104 valence electrons. The first kappa shape index (κ1) is 12.8. The van der Waals surface area contributed by atoms with Gasteiger partial charge in [0.05, 0.1) is 6.61 Å². The van der Waals surface area contributed by atoms with Crippen LogP contribution in [0.25, 0.3) is 0 Å². The van der Waals surface area contributed by atoms with Crippen LogP contribution >= 0.6 is 0 Å². The topological polar surface area (TPSA) is 64.3 Å². The fourth-order valence-corrected chi connectivity index (χ4v) is 3.06. The summed E-state index contributed by atoms with van der Waals surface area (Å²) >= 11 is 0. The van der Waals surface area contributed by atoms with Crippen LogP contribution in [-0.4, -0.2) is 40.6 Å². The molecule has 0 bridgehead atoms. The summed E-state index contributed by atoms with van der Waals surface area (Å²) in [6.07, 6.45) is 3.38. The van der Waals surface area contributed by atoms with Gasteiger partial charge in [0.2, 0.25) is 0 Å². The third kappa shape index (κ3) is 2.32. The lowest BCUT2D eigenvalue weighted by Gasteiger charge is -2.34. The molecule has 2 aliphatic heterocycles. The van der Waals surface area contributed by atoms with Crippen LogP contribution in [0.5, 0.6) is 0 Å². The van der Waals surface area contributed by atoms with Gasteiger partial charge in [-0.3, -0.25) is 4.90 Å². The van der Waals surface area contributed by atoms with E-state index in [1.807, 2.05) is 6.92 Å². The molecule has 19 heavy (non-hydrogen) atoms. The molecule has 5 nitrogen and oxygen atoms in total. The number of morpholine rings is 1. The van der Waals surface area contributed by atoms with E-state index in [1.54, 1.807) is 0 Å². The first-order chi connectivity index (χ1) is 9.19. The van der Waals surface area contributed by atoms with Crippen molar-refractivity contribution in [3.05, 3.63) is 17.1 Å². The SMILES string of the molecule is CCc1nc(C2CN3CCCC3CO2)nc(N)c1C. The number of hydrogen-bond acceptors (Lipinski definition) is 5. The van der Waals surface area contributed by atoms with E-state index >= 15 is 0 Å². The second-order valence-corrected chi connectivity index (χ2v) is 5.51. The maximum absolute atomic E-state index is 5.99. The second-order valence-electron chi connectivity index (χ2n) is 5.51. The zero-order chi connectivity index (χ0) is 13.4. The van der Waals surface area contributed by atoms with Crippen molar-refractivity contribution >= 4 is 5.82 Å². The Morgan fingerprint density at radius 3 is 3.05 bits per heavy atom. The average Bonchev–Trinajstić information content (AvgIpc) is 2.89. The Bertz CT molecular complexity index is 477. The average molecular weight is 262 g/mol. The number of ether oxygens (including phenoxy) is 1. The monoisotopic (exact) mass is 262 g/mol. The fourth-order valence-electron chi connectivity index (χ4n) is 3.06. The zero-order valence-corrected chi connectivity index (χ0v) is 11.7. The Labute approximate surface area is 114 Å². The fraction of sp³-hybridized carbons (Fsp3) is 0.714. The molecule has 0 amide bonds. The van der Waals surface area contributed by atoms with Crippen LogP contribution in [-0.2, 0) is 11.2 Å². The van der Waals surface area contributed by atoms with Crippen LogP contribution in [0.15, 0.2) is 0 Å². The van der Waals surface area contributed by atoms with Gasteiger partial charge in [-0.15, -0.1) is 0 Å². The maximum atomic E-state index is 5.99. The van der Waals surface area contributed by atoms with E-state index in [-0.39, 0.29) is 6.10 Å². The van der Waals surface area contributed by atoms with Crippen LogP contribution in [0.4, 0.5) is 5.82 Å².